The van der Waals surface area contributed by atoms with Crippen molar-refractivity contribution < 1.29 is 4.79 Å². The third-order valence-electron chi connectivity index (χ3n) is 5.26. The van der Waals surface area contributed by atoms with Crippen molar-refractivity contribution in [1.82, 2.24) is 0 Å². The average molecular weight is 389 g/mol. The minimum atomic E-state index is -0.133. The standard InChI is InChI=1S/C24H24N2OS/c27-24-23(10-6-1-2-7-16-26(24)22-15-17-28-18-22)25-21-13-11-20(12-14-21)19-8-4-3-5-9-19/h1-2,6-7,10-19H,3-5,8-9H2/b2-1-,10-6+,16-7+,25-23?. The van der Waals surface area contributed by atoms with E-state index in [0.29, 0.717) is 11.6 Å². The highest BCUT2D eigenvalue weighted by Crippen LogP contribution is 2.33. The van der Waals surface area contributed by atoms with Gasteiger partial charge in [0, 0.05) is 11.6 Å². The Kier molecular flexibility index (Phi) is 5.98. The number of nitrogens with zero attached hydrogens (tertiary/aromatic N) is 2. The van der Waals surface area contributed by atoms with Crippen LogP contribution in [0.2, 0.25) is 0 Å². The monoisotopic (exact) mass is 388 g/mol. The van der Waals surface area contributed by atoms with Crippen LogP contribution in [0, 0.1) is 0 Å². The summed E-state index contributed by atoms with van der Waals surface area (Å²) in [7, 11) is 0. The molecule has 0 saturated heterocycles. The highest BCUT2D eigenvalue weighted by atomic mass is 32.1. The first-order valence-electron chi connectivity index (χ1n) is 9.87. The molecule has 4 rings (SSSR count). The van der Waals surface area contributed by atoms with Crippen molar-refractivity contribution in [2.45, 2.75) is 38.0 Å². The lowest BCUT2D eigenvalue weighted by Crippen LogP contribution is -2.31. The third-order valence-corrected chi connectivity index (χ3v) is 5.93. The normalized spacial score (nSPS) is 23.1. The maximum Gasteiger partial charge on any atom is 0.280 e. The zero-order valence-electron chi connectivity index (χ0n) is 15.8. The predicted octanol–water partition coefficient (Wildman–Crippen LogP) is 6.54. The number of rotatable bonds is 3. The van der Waals surface area contributed by atoms with Gasteiger partial charge in [-0.05, 0) is 60.1 Å². The van der Waals surface area contributed by atoms with Crippen molar-refractivity contribution in [3.05, 3.63) is 83.2 Å². The number of hydrogen-bond acceptors (Lipinski definition) is 3. The lowest BCUT2D eigenvalue weighted by molar-refractivity contribution is -0.111. The van der Waals surface area contributed by atoms with Gasteiger partial charge in [-0.1, -0.05) is 49.6 Å². The van der Waals surface area contributed by atoms with Crippen molar-refractivity contribution in [3.63, 3.8) is 0 Å². The van der Waals surface area contributed by atoms with Crippen LogP contribution in [0.25, 0.3) is 0 Å². The van der Waals surface area contributed by atoms with Crippen LogP contribution in [0.1, 0.15) is 43.6 Å². The molecule has 142 valence electrons. The van der Waals surface area contributed by atoms with E-state index in [0.717, 1.165) is 11.4 Å². The fraction of sp³-hybridized carbons (Fsp3) is 0.250. The molecule has 2 aromatic rings. The average Bonchev–Trinajstić information content (AvgIpc) is 3.29. The second-order valence-electron chi connectivity index (χ2n) is 7.17. The summed E-state index contributed by atoms with van der Waals surface area (Å²) >= 11 is 1.57. The molecule has 1 fully saturated rings. The summed E-state index contributed by atoms with van der Waals surface area (Å²) in [5.74, 6) is 0.539. The van der Waals surface area contributed by atoms with Crippen LogP contribution in [0.5, 0.6) is 0 Å². The Labute approximate surface area is 170 Å². The highest BCUT2D eigenvalue weighted by molar-refractivity contribution is 7.08. The molecule has 4 heteroatoms. The summed E-state index contributed by atoms with van der Waals surface area (Å²) < 4.78 is 0. The number of benzene rings is 1. The SMILES string of the molecule is O=C1C(=Nc2ccc(C3CCCCC3)cc2)/C=C/C=C\C=C\N1c1ccsc1. The lowest BCUT2D eigenvalue weighted by atomic mass is 9.84. The van der Waals surface area contributed by atoms with E-state index in [4.69, 9.17) is 0 Å². The van der Waals surface area contributed by atoms with E-state index in [2.05, 4.69) is 17.1 Å². The molecule has 0 spiro atoms. The van der Waals surface area contributed by atoms with Crippen LogP contribution in [0.4, 0.5) is 11.4 Å². The Morgan fingerprint density at radius 3 is 2.46 bits per heavy atom. The quantitative estimate of drug-likeness (QED) is 0.587. The number of carbonyl (C=O) groups is 1. The van der Waals surface area contributed by atoms with E-state index in [9.17, 15) is 4.79 Å². The third kappa shape index (κ3) is 4.39. The number of hydrogen-bond donors (Lipinski definition) is 0. The Morgan fingerprint density at radius 1 is 0.929 bits per heavy atom. The van der Waals surface area contributed by atoms with Crippen LogP contribution in [0.3, 0.4) is 0 Å². The molecule has 3 nitrogen and oxygen atoms in total. The zero-order valence-corrected chi connectivity index (χ0v) is 16.6. The maximum absolute atomic E-state index is 13.1. The number of allylic oxidation sites excluding steroid dienone is 4. The molecule has 1 saturated carbocycles. The molecular formula is C24H24N2OS. The topological polar surface area (TPSA) is 32.7 Å². The number of aliphatic imine (C=N–C) groups is 1. The van der Waals surface area contributed by atoms with E-state index in [-0.39, 0.29) is 5.91 Å². The van der Waals surface area contributed by atoms with Crippen molar-refractivity contribution >= 4 is 34.3 Å². The number of thiophene rings is 1. The van der Waals surface area contributed by atoms with E-state index in [1.54, 1.807) is 28.5 Å². The minimum absolute atomic E-state index is 0.133. The molecule has 0 N–H and O–H groups in total. The first-order valence-corrected chi connectivity index (χ1v) is 10.8. The molecule has 0 radical (unpaired) electrons. The molecule has 0 unspecified atom stereocenters. The molecule has 2 heterocycles. The minimum Gasteiger partial charge on any atom is -0.282 e. The molecular weight excluding hydrogens is 364 g/mol. The van der Waals surface area contributed by atoms with Crippen molar-refractivity contribution in [2.24, 2.45) is 4.99 Å². The van der Waals surface area contributed by atoms with Gasteiger partial charge in [-0.15, -0.1) is 0 Å². The first-order chi connectivity index (χ1) is 13.8. The number of amides is 1. The van der Waals surface area contributed by atoms with Crippen LogP contribution < -0.4 is 4.90 Å². The summed E-state index contributed by atoms with van der Waals surface area (Å²) in [5.41, 5.74) is 3.49. The summed E-state index contributed by atoms with van der Waals surface area (Å²) in [6.07, 6.45) is 17.7. The van der Waals surface area contributed by atoms with E-state index >= 15 is 0 Å². The number of anilines is 1. The van der Waals surface area contributed by atoms with Gasteiger partial charge < -0.3 is 0 Å². The van der Waals surface area contributed by atoms with Gasteiger partial charge in [0.2, 0.25) is 0 Å². The van der Waals surface area contributed by atoms with Gasteiger partial charge in [0.25, 0.3) is 5.91 Å². The van der Waals surface area contributed by atoms with Crippen molar-refractivity contribution in [3.8, 4) is 0 Å². The summed E-state index contributed by atoms with van der Waals surface area (Å²) in [5, 5.41) is 3.93. The van der Waals surface area contributed by atoms with E-state index in [1.165, 1.54) is 37.7 Å². The summed E-state index contributed by atoms with van der Waals surface area (Å²) in [6, 6.07) is 10.4. The highest BCUT2D eigenvalue weighted by Gasteiger charge is 2.19. The predicted molar refractivity (Wildman–Crippen MR) is 119 cm³/mol. The van der Waals surface area contributed by atoms with Crippen LogP contribution in [-0.2, 0) is 4.79 Å². The molecule has 28 heavy (non-hydrogen) atoms. The smallest absolute Gasteiger partial charge is 0.280 e. The van der Waals surface area contributed by atoms with Gasteiger partial charge in [-0.3, -0.25) is 9.69 Å². The van der Waals surface area contributed by atoms with Gasteiger partial charge in [-0.2, -0.15) is 11.3 Å². The molecule has 1 aromatic heterocycles. The molecule has 2 aliphatic rings. The Balaban J connectivity index is 1.60. The molecule has 1 aliphatic carbocycles. The van der Waals surface area contributed by atoms with Gasteiger partial charge >= 0.3 is 0 Å². The Morgan fingerprint density at radius 2 is 1.71 bits per heavy atom. The zero-order chi connectivity index (χ0) is 19.2. The second kappa shape index (κ2) is 8.98. The van der Waals surface area contributed by atoms with Crippen LogP contribution in [0.15, 0.2) is 82.7 Å². The second-order valence-corrected chi connectivity index (χ2v) is 7.95. The van der Waals surface area contributed by atoms with E-state index < -0.39 is 0 Å². The molecule has 0 bridgehead atoms. The van der Waals surface area contributed by atoms with Crippen molar-refractivity contribution in [2.75, 3.05) is 4.90 Å². The van der Waals surface area contributed by atoms with Crippen LogP contribution >= 0.6 is 11.3 Å². The molecule has 0 atom stereocenters. The lowest BCUT2D eigenvalue weighted by Gasteiger charge is -2.22. The van der Waals surface area contributed by atoms with Crippen LogP contribution in [-0.4, -0.2) is 11.6 Å². The molecule has 1 aromatic carbocycles. The Hall–Kier alpha value is -2.72. The van der Waals surface area contributed by atoms with E-state index in [1.807, 2.05) is 53.3 Å². The summed E-state index contributed by atoms with van der Waals surface area (Å²) in [4.78, 5) is 19.4. The fourth-order valence-corrected chi connectivity index (χ4v) is 4.38. The van der Waals surface area contributed by atoms with Gasteiger partial charge in [0.1, 0.15) is 5.71 Å². The van der Waals surface area contributed by atoms with Gasteiger partial charge in [-0.25, -0.2) is 4.99 Å². The van der Waals surface area contributed by atoms with Gasteiger partial charge in [0.05, 0.1) is 11.4 Å². The molecule has 1 amide bonds. The molecule has 1 aliphatic heterocycles. The van der Waals surface area contributed by atoms with Crippen molar-refractivity contribution in [1.29, 1.82) is 0 Å². The maximum atomic E-state index is 13.1. The Bertz CT molecular complexity index is 914. The number of carbonyl (C=O) groups excluding carboxylic acids is 1. The summed E-state index contributed by atoms with van der Waals surface area (Å²) in [6.45, 7) is 0. The first kappa shape index (κ1) is 18.6. The van der Waals surface area contributed by atoms with Gasteiger partial charge in [0.15, 0.2) is 0 Å². The fourth-order valence-electron chi connectivity index (χ4n) is 3.75. The largest absolute Gasteiger partial charge is 0.282 e.